The van der Waals surface area contributed by atoms with E-state index in [1.54, 1.807) is 0 Å². The average Bonchev–Trinajstić information content (AvgIpc) is 3.30. The first-order chi connectivity index (χ1) is 13.7. The summed E-state index contributed by atoms with van der Waals surface area (Å²) in [6.07, 6.45) is 5.71. The van der Waals surface area contributed by atoms with Crippen molar-refractivity contribution in [2.45, 2.75) is 44.8 Å². The Bertz CT molecular complexity index is 986. The van der Waals surface area contributed by atoms with Crippen LogP contribution in [0.15, 0.2) is 36.7 Å². The smallest absolute Gasteiger partial charge is 0.274 e. The highest BCUT2D eigenvalue weighted by atomic mass is 16.2. The molecule has 2 saturated heterocycles. The topological polar surface area (TPSA) is 70.1 Å². The van der Waals surface area contributed by atoms with Crippen LogP contribution in [0.4, 0.5) is 0 Å². The van der Waals surface area contributed by atoms with Crippen LogP contribution in [-0.4, -0.2) is 67.2 Å². The Kier molecular flexibility index (Phi) is 4.39. The summed E-state index contributed by atoms with van der Waals surface area (Å²) in [4.78, 5) is 21.7. The number of nitrogens with zero attached hydrogens (tertiary/aromatic N) is 5. The maximum atomic E-state index is 12.8. The van der Waals surface area contributed by atoms with Gasteiger partial charge >= 0.3 is 0 Å². The number of benzene rings is 1. The minimum absolute atomic E-state index is 0.0268. The number of hydrogen-bond acceptors (Lipinski definition) is 4. The molecular weight excluding hydrogens is 352 g/mol. The first-order valence-electron chi connectivity index (χ1n) is 10.2. The number of rotatable bonds is 4. The molecule has 0 saturated carbocycles. The largest absolute Gasteiger partial charge is 0.334 e. The second-order valence-electron chi connectivity index (χ2n) is 8.09. The van der Waals surface area contributed by atoms with Crippen molar-refractivity contribution in [3.05, 3.63) is 48.0 Å². The fourth-order valence-electron chi connectivity index (χ4n) is 4.53. The van der Waals surface area contributed by atoms with Gasteiger partial charge in [-0.1, -0.05) is 18.6 Å². The molecule has 1 unspecified atom stereocenters. The lowest BCUT2D eigenvalue weighted by Gasteiger charge is -2.49. The highest BCUT2D eigenvalue weighted by molar-refractivity contribution is 5.93. The van der Waals surface area contributed by atoms with E-state index in [1.165, 1.54) is 25.8 Å². The maximum absolute atomic E-state index is 12.8. The molecule has 7 nitrogen and oxygen atoms in total. The normalized spacial score (nSPS) is 21.2. The summed E-state index contributed by atoms with van der Waals surface area (Å²) in [6.45, 7) is 5.73. The SMILES string of the molecule is CC1CCCCN1C1CN(C(=O)c2cc(Cn3cnc4ccccc43)[nH]n2)C1. The zero-order valence-corrected chi connectivity index (χ0v) is 16.2. The number of aromatic amines is 1. The number of piperidine rings is 1. The quantitative estimate of drug-likeness (QED) is 0.757. The molecule has 2 aliphatic heterocycles. The molecule has 146 valence electrons. The number of H-pyrrole nitrogens is 1. The van der Waals surface area contributed by atoms with E-state index in [2.05, 4.69) is 31.6 Å². The van der Waals surface area contributed by atoms with Crippen LogP contribution in [-0.2, 0) is 6.54 Å². The third-order valence-electron chi connectivity index (χ3n) is 6.19. The van der Waals surface area contributed by atoms with E-state index < -0.39 is 0 Å². The number of carbonyl (C=O) groups excluding carboxylic acids is 1. The third kappa shape index (κ3) is 3.09. The van der Waals surface area contributed by atoms with Crippen molar-refractivity contribution in [2.24, 2.45) is 0 Å². The van der Waals surface area contributed by atoms with E-state index in [0.717, 1.165) is 29.8 Å². The molecule has 28 heavy (non-hydrogen) atoms. The molecule has 7 heteroatoms. The highest BCUT2D eigenvalue weighted by Crippen LogP contribution is 2.25. The van der Waals surface area contributed by atoms with Crippen LogP contribution in [0.1, 0.15) is 42.4 Å². The molecule has 0 radical (unpaired) electrons. The minimum atomic E-state index is 0.0268. The zero-order valence-electron chi connectivity index (χ0n) is 16.2. The summed E-state index contributed by atoms with van der Waals surface area (Å²) in [7, 11) is 0. The molecule has 0 spiro atoms. The Balaban J connectivity index is 1.22. The van der Waals surface area contributed by atoms with Gasteiger partial charge < -0.3 is 9.47 Å². The van der Waals surface area contributed by atoms with Crippen LogP contribution < -0.4 is 0 Å². The second-order valence-corrected chi connectivity index (χ2v) is 8.09. The molecule has 5 rings (SSSR count). The van der Waals surface area contributed by atoms with Gasteiger partial charge in [0.2, 0.25) is 0 Å². The Morgan fingerprint density at radius 2 is 2.11 bits per heavy atom. The van der Waals surface area contributed by atoms with Crippen LogP contribution in [0.2, 0.25) is 0 Å². The molecule has 1 amide bonds. The van der Waals surface area contributed by atoms with Crippen LogP contribution >= 0.6 is 0 Å². The van der Waals surface area contributed by atoms with E-state index in [9.17, 15) is 4.79 Å². The van der Waals surface area contributed by atoms with E-state index in [1.807, 2.05) is 41.6 Å². The number of aromatic nitrogens is 4. The first kappa shape index (κ1) is 17.4. The van der Waals surface area contributed by atoms with Crippen molar-refractivity contribution in [3.8, 4) is 0 Å². The van der Waals surface area contributed by atoms with Gasteiger partial charge in [0, 0.05) is 25.2 Å². The number of carbonyl (C=O) groups is 1. The molecule has 2 aliphatic rings. The number of hydrogen-bond donors (Lipinski definition) is 1. The Morgan fingerprint density at radius 1 is 1.25 bits per heavy atom. The van der Waals surface area contributed by atoms with E-state index >= 15 is 0 Å². The number of amides is 1. The number of likely N-dealkylation sites (tertiary alicyclic amines) is 2. The lowest BCUT2D eigenvalue weighted by Crippen LogP contribution is -2.63. The molecule has 4 heterocycles. The summed E-state index contributed by atoms with van der Waals surface area (Å²) in [5, 5.41) is 7.29. The standard InChI is InChI=1S/C21H26N6O/c1-15-6-4-5-9-27(15)17-12-25(13-17)21(28)19-10-16(23-24-19)11-26-14-22-18-7-2-3-8-20(18)26/h2-3,7-8,10,14-15,17H,4-6,9,11-13H2,1H3,(H,23,24). The summed E-state index contributed by atoms with van der Waals surface area (Å²) in [5.74, 6) is 0.0268. The summed E-state index contributed by atoms with van der Waals surface area (Å²) >= 11 is 0. The van der Waals surface area contributed by atoms with Gasteiger partial charge in [-0.15, -0.1) is 0 Å². The summed E-state index contributed by atoms with van der Waals surface area (Å²) in [6, 6.07) is 11.1. The Morgan fingerprint density at radius 3 is 2.96 bits per heavy atom. The molecule has 1 aromatic carbocycles. The third-order valence-corrected chi connectivity index (χ3v) is 6.19. The predicted molar refractivity (Wildman–Crippen MR) is 107 cm³/mol. The van der Waals surface area contributed by atoms with Gasteiger partial charge in [0.15, 0.2) is 0 Å². The van der Waals surface area contributed by atoms with E-state index in [-0.39, 0.29) is 5.91 Å². The van der Waals surface area contributed by atoms with Crippen molar-refractivity contribution in [2.75, 3.05) is 19.6 Å². The van der Waals surface area contributed by atoms with Gasteiger partial charge in [-0.2, -0.15) is 5.10 Å². The number of imidazole rings is 1. The van der Waals surface area contributed by atoms with Gasteiger partial charge in [-0.05, 0) is 44.5 Å². The van der Waals surface area contributed by atoms with E-state index in [0.29, 0.717) is 24.3 Å². The molecule has 3 aromatic rings. The Hall–Kier alpha value is -2.67. The highest BCUT2D eigenvalue weighted by Gasteiger charge is 2.38. The van der Waals surface area contributed by atoms with Crippen LogP contribution in [0, 0.1) is 0 Å². The number of para-hydroxylation sites is 2. The van der Waals surface area contributed by atoms with Gasteiger partial charge in [0.05, 0.1) is 29.6 Å². The summed E-state index contributed by atoms with van der Waals surface area (Å²) < 4.78 is 2.06. The lowest BCUT2D eigenvalue weighted by atomic mass is 9.97. The van der Waals surface area contributed by atoms with Crippen molar-refractivity contribution < 1.29 is 4.79 Å². The van der Waals surface area contributed by atoms with Gasteiger partial charge in [0.1, 0.15) is 5.69 Å². The average molecular weight is 378 g/mol. The zero-order chi connectivity index (χ0) is 19.1. The molecular formula is C21H26N6O. The van der Waals surface area contributed by atoms with Crippen LogP contribution in [0.5, 0.6) is 0 Å². The molecule has 0 aliphatic carbocycles. The molecule has 2 aromatic heterocycles. The fraction of sp³-hybridized carbons (Fsp3) is 0.476. The molecule has 2 fully saturated rings. The summed E-state index contributed by atoms with van der Waals surface area (Å²) in [5.41, 5.74) is 3.46. The lowest BCUT2D eigenvalue weighted by molar-refractivity contribution is 0.00181. The second kappa shape index (κ2) is 7.05. The van der Waals surface area contributed by atoms with Gasteiger partial charge in [0.25, 0.3) is 5.91 Å². The van der Waals surface area contributed by atoms with Crippen molar-refractivity contribution in [3.63, 3.8) is 0 Å². The fourth-order valence-corrected chi connectivity index (χ4v) is 4.53. The molecule has 1 N–H and O–H groups in total. The molecule has 1 atom stereocenters. The predicted octanol–water partition coefficient (Wildman–Crippen LogP) is 2.51. The van der Waals surface area contributed by atoms with E-state index in [4.69, 9.17) is 0 Å². The number of nitrogens with one attached hydrogen (secondary N) is 1. The van der Waals surface area contributed by atoms with Gasteiger partial charge in [-0.25, -0.2) is 4.98 Å². The van der Waals surface area contributed by atoms with Crippen molar-refractivity contribution in [1.82, 2.24) is 29.5 Å². The van der Waals surface area contributed by atoms with Crippen molar-refractivity contribution in [1.29, 1.82) is 0 Å². The minimum Gasteiger partial charge on any atom is -0.334 e. The Labute approximate surface area is 164 Å². The van der Waals surface area contributed by atoms with Gasteiger partial charge in [-0.3, -0.25) is 14.8 Å². The first-order valence-corrected chi connectivity index (χ1v) is 10.2. The molecule has 0 bridgehead atoms. The monoisotopic (exact) mass is 378 g/mol. The van der Waals surface area contributed by atoms with Crippen LogP contribution in [0.25, 0.3) is 11.0 Å². The number of fused-ring (bicyclic) bond motifs is 1. The van der Waals surface area contributed by atoms with Crippen LogP contribution in [0.3, 0.4) is 0 Å². The van der Waals surface area contributed by atoms with Crippen molar-refractivity contribution >= 4 is 16.9 Å². The maximum Gasteiger partial charge on any atom is 0.274 e.